The number of hydrogen-bond donors (Lipinski definition) is 3. The van der Waals surface area contributed by atoms with Gasteiger partial charge in [-0.2, -0.15) is 0 Å². The van der Waals surface area contributed by atoms with Crippen molar-refractivity contribution in [3.63, 3.8) is 0 Å². The van der Waals surface area contributed by atoms with Gasteiger partial charge in [0.05, 0.1) is 17.5 Å². The Bertz CT molecular complexity index is 975. The fourth-order valence-electron chi connectivity index (χ4n) is 2.81. The Morgan fingerprint density at radius 3 is 2.48 bits per heavy atom. The summed E-state index contributed by atoms with van der Waals surface area (Å²) >= 11 is 0. The number of nitrogens with one attached hydrogen (secondary N) is 3. The molecule has 1 heterocycles. The number of amides is 2. The van der Waals surface area contributed by atoms with Crippen LogP contribution in [0.5, 0.6) is 0 Å². The van der Waals surface area contributed by atoms with Gasteiger partial charge in [0.2, 0.25) is 17.8 Å². The van der Waals surface area contributed by atoms with E-state index in [-0.39, 0.29) is 59.7 Å². The maximum Gasteiger partial charge on any atom is 1.00 e. The standard InChI is InChI=1S/C20H24N6O6.Na/c1-13-5-6-14(10-16(13)26(31)32)15(11-19(29)30)25-18(28)12-24-17(27)4-2-7-21-20-22-8-3-9-23-20;/h3,5-6,8-10,15H,2,4,7,11-12H2,1H3,(H,24,27)(H,25,28)(H,29,30)(H,21,22,23);/q;+1/p-1. The zero-order chi connectivity index (χ0) is 23.5. The van der Waals surface area contributed by atoms with Crippen molar-refractivity contribution in [1.82, 2.24) is 20.6 Å². The van der Waals surface area contributed by atoms with Crippen LogP contribution in [0.3, 0.4) is 0 Å². The number of hydrogen-bond acceptors (Lipinski definition) is 9. The number of carboxylic acids is 1. The first kappa shape index (κ1) is 27.9. The quantitative estimate of drug-likeness (QED) is 0.127. The van der Waals surface area contributed by atoms with Crippen LogP contribution in [0.1, 0.15) is 36.4 Å². The number of nitro benzene ring substituents is 1. The summed E-state index contributed by atoms with van der Waals surface area (Å²) in [4.78, 5) is 53.7. The molecule has 0 aliphatic carbocycles. The molecule has 170 valence electrons. The molecule has 2 amide bonds. The molecule has 0 saturated carbocycles. The number of nitro groups is 1. The predicted molar refractivity (Wildman–Crippen MR) is 111 cm³/mol. The van der Waals surface area contributed by atoms with Gasteiger partial charge in [-0.15, -0.1) is 0 Å². The molecule has 13 heteroatoms. The molecule has 1 aromatic heterocycles. The first-order valence-electron chi connectivity index (χ1n) is 9.78. The number of benzene rings is 1. The summed E-state index contributed by atoms with van der Waals surface area (Å²) in [7, 11) is 0. The van der Waals surface area contributed by atoms with Gasteiger partial charge in [-0.1, -0.05) is 12.1 Å². The third-order valence-corrected chi connectivity index (χ3v) is 4.41. The van der Waals surface area contributed by atoms with Crippen LogP contribution in [0.15, 0.2) is 36.7 Å². The van der Waals surface area contributed by atoms with Crippen LogP contribution >= 0.6 is 0 Å². The summed E-state index contributed by atoms with van der Waals surface area (Å²) in [6.45, 7) is 1.64. The van der Waals surface area contributed by atoms with Gasteiger partial charge in [0, 0.05) is 49.4 Å². The number of aryl methyl sites for hydroxylation is 1. The Morgan fingerprint density at radius 1 is 1.15 bits per heavy atom. The minimum atomic E-state index is -1.43. The van der Waals surface area contributed by atoms with Gasteiger partial charge < -0.3 is 25.9 Å². The molecule has 0 saturated heterocycles. The molecular weight excluding hydrogens is 443 g/mol. The molecule has 2 aromatic rings. The van der Waals surface area contributed by atoms with E-state index in [1.165, 1.54) is 18.2 Å². The Labute approximate surface area is 212 Å². The second-order valence-electron chi connectivity index (χ2n) is 6.88. The molecular formula is C20H23N6NaO6. The summed E-state index contributed by atoms with van der Waals surface area (Å²) in [5.41, 5.74) is 0.459. The van der Waals surface area contributed by atoms with Crippen molar-refractivity contribution in [1.29, 1.82) is 0 Å². The summed E-state index contributed by atoms with van der Waals surface area (Å²) in [6.07, 6.45) is 3.23. The van der Waals surface area contributed by atoms with Gasteiger partial charge >= 0.3 is 29.6 Å². The van der Waals surface area contributed by atoms with Crippen molar-refractivity contribution in [2.75, 3.05) is 18.4 Å². The van der Waals surface area contributed by atoms with Crippen LogP contribution < -0.4 is 50.6 Å². The van der Waals surface area contributed by atoms with Gasteiger partial charge in [0.15, 0.2) is 0 Å². The van der Waals surface area contributed by atoms with Crippen molar-refractivity contribution < 1.29 is 54.0 Å². The van der Waals surface area contributed by atoms with Gasteiger partial charge in [-0.05, 0) is 25.0 Å². The van der Waals surface area contributed by atoms with Crippen molar-refractivity contribution in [2.24, 2.45) is 0 Å². The molecule has 0 aliphatic heterocycles. The molecule has 1 aromatic carbocycles. The molecule has 0 spiro atoms. The summed E-state index contributed by atoms with van der Waals surface area (Å²) in [6, 6.07) is 4.82. The van der Waals surface area contributed by atoms with E-state index >= 15 is 0 Å². The third kappa shape index (κ3) is 9.93. The maximum absolute atomic E-state index is 12.2. The van der Waals surface area contributed by atoms with Crippen molar-refractivity contribution in [2.45, 2.75) is 32.2 Å². The number of anilines is 1. The molecule has 0 aliphatic rings. The van der Waals surface area contributed by atoms with Crippen LogP contribution in [0.4, 0.5) is 11.6 Å². The Hall–Kier alpha value is -3.09. The molecule has 0 bridgehead atoms. The van der Waals surface area contributed by atoms with Crippen LogP contribution in [0.25, 0.3) is 0 Å². The molecule has 0 radical (unpaired) electrons. The summed E-state index contributed by atoms with van der Waals surface area (Å²) < 4.78 is 0. The first-order valence-corrected chi connectivity index (χ1v) is 9.78. The summed E-state index contributed by atoms with van der Waals surface area (Å²) in [5, 5.41) is 30.1. The van der Waals surface area contributed by atoms with Crippen molar-refractivity contribution in [3.05, 3.63) is 57.9 Å². The predicted octanol–water partition coefficient (Wildman–Crippen LogP) is -3.00. The van der Waals surface area contributed by atoms with E-state index in [1.807, 2.05) is 0 Å². The first-order chi connectivity index (χ1) is 15.3. The molecule has 1 atom stereocenters. The Morgan fingerprint density at radius 2 is 1.85 bits per heavy atom. The van der Waals surface area contributed by atoms with E-state index in [0.717, 1.165) is 0 Å². The molecule has 1 unspecified atom stereocenters. The van der Waals surface area contributed by atoms with Gasteiger partial charge in [-0.3, -0.25) is 19.7 Å². The molecule has 12 nitrogen and oxygen atoms in total. The monoisotopic (exact) mass is 466 g/mol. The Balaban J connectivity index is 0.00000544. The molecule has 2 rings (SSSR count). The minimum Gasteiger partial charge on any atom is -0.550 e. The average Bonchev–Trinajstić information content (AvgIpc) is 2.75. The van der Waals surface area contributed by atoms with Crippen LogP contribution in [-0.2, 0) is 14.4 Å². The zero-order valence-corrected chi connectivity index (χ0v) is 20.4. The number of carbonyl (C=O) groups is 3. The van der Waals surface area contributed by atoms with E-state index in [0.29, 0.717) is 24.5 Å². The van der Waals surface area contributed by atoms with Crippen LogP contribution in [-0.4, -0.2) is 45.8 Å². The third-order valence-electron chi connectivity index (χ3n) is 4.41. The van der Waals surface area contributed by atoms with E-state index in [1.54, 1.807) is 25.4 Å². The smallest absolute Gasteiger partial charge is 0.550 e. The maximum atomic E-state index is 12.2. The number of nitrogens with zero attached hydrogens (tertiary/aromatic N) is 3. The Kier molecular flexibility index (Phi) is 12.0. The number of aliphatic carboxylic acids is 1. The van der Waals surface area contributed by atoms with Crippen LogP contribution in [0.2, 0.25) is 0 Å². The minimum absolute atomic E-state index is 0. The van der Waals surface area contributed by atoms with Gasteiger partial charge in [0.25, 0.3) is 5.69 Å². The topological polar surface area (TPSA) is 179 Å². The SMILES string of the molecule is Cc1ccc(C(CC(=O)[O-])NC(=O)CNC(=O)CCCNc2ncccn2)cc1[N+](=O)[O-].[Na+]. The summed E-state index contributed by atoms with van der Waals surface area (Å²) in [5.74, 6) is -1.98. The van der Waals surface area contributed by atoms with E-state index < -0.39 is 29.3 Å². The van der Waals surface area contributed by atoms with E-state index in [4.69, 9.17) is 0 Å². The van der Waals surface area contributed by atoms with Crippen LogP contribution in [0, 0.1) is 17.0 Å². The molecule has 33 heavy (non-hydrogen) atoms. The van der Waals surface area contributed by atoms with E-state index in [9.17, 15) is 29.6 Å². The van der Waals surface area contributed by atoms with Gasteiger partial charge in [0.1, 0.15) is 0 Å². The zero-order valence-electron chi connectivity index (χ0n) is 18.4. The molecule has 0 fully saturated rings. The second-order valence-corrected chi connectivity index (χ2v) is 6.88. The molecule has 3 N–H and O–H groups in total. The van der Waals surface area contributed by atoms with Crippen molar-refractivity contribution >= 4 is 29.4 Å². The van der Waals surface area contributed by atoms with E-state index in [2.05, 4.69) is 25.9 Å². The fourth-order valence-corrected chi connectivity index (χ4v) is 2.81. The number of carboxylic acid groups (broad SMARTS) is 1. The van der Waals surface area contributed by atoms with Crippen molar-refractivity contribution in [3.8, 4) is 0 Å². The number of aromatic nitrogens is 2. The largest absolute Gasteiger partial charge is 1.00 e. The van der Waals surface area contributed by atoms with Gasteiger partial charge in [-0.25, -0.2) is 9.97 Å². The average molecular weight is 466 g/mol. The normalized spacial score (nSPS) is 10.9. The number of rotatable bonds is 12. The number of carbonyl (C=O) groups excluding carboxylic acids is 3. The second kappa shape index (κ2) is 14.1. The fraction of sp³-hybridized carbons (Fsp3) is 0.350.